The van der Waals surface area contributed by atoms with Crippen LogP contribution in [0.1, 0.15) is 40.7 Å². The predicted molar refractivity (Wildman–Crippen MR) is 104 cm³/mol. The molecule has 1 saturated heterocycles. The molecule has 28 heavy (non-hydrogen) atoms. The molecular weight excluding hydrogens is 360 g/mol. The molecule has 8 heteroatoms. The standard InChI is InChI=1S/C20H22N4O4/c21-19(22-28-20(25)17-5-4-6-18(13-17)24(26)27)16-9-7-15(8-10-16)14-23-11-2-1-3-12-23/h4-10,13H,1-3,11-12,14H2,(H2,21,22)/p+1. The second-order valence-electron chi connectivity index (χ2n) is 6.85. The van der Waals surface area contributed by atoms with Gasteiger partial charge in [-0.1, -0.05) is 35.5 Å². The number of hydrogen-bond acceptors (Lipinski definition) is 5. The predicted octanol–water partition coefficient (Wildman–Crippen LogP) is 1.64. The molecule has 0 radical (unpaired) electrons. The number of benzene rings is 2. The van der Waals surface area contributed by atoms with Crippen molar-refractivity contribution in [1.82, 2.24) is 0 Å². The lowest BCUT2D eigenvalue weighted by Crippen LogP contribution is -3.11. The van der Waals surface area contributed by atoms with Crippen LogP contribution in [0.2, 0.25) is 0 Å². The molecule has 2 aromatic rings. The van der Waals surface area contributed by atoms with Crippen LogP contribution < -0.4 is 10.6 Å². The van der Waals surface area contributed by atoms with E-state index in [0.29, 0.717) is 5.56 Å². The van der Waals surface area contributed by atoms with Crippen LogP contribution in [0, 0.1) is 10.1 Å². The van der Waals surface area contributed by atoms with Crippen molar-refractivity contribution in [2.75, 3.05) is 13.1 Å². The van der Waals surface area contributed by atoms with Gasteiger partial charge in [0.25, 0.3) is 5.69 Å². The average molecular weight is 383 g/mol. The second-order valence-corrected chi connectivity index (χ2v) is 6.85. The first-order valence-electron chi connectivity index (χ1n) is 9.25. The zero-order valence-corrected chi connectivity index (χ0v) is 15.5. The van der Waals surface area contributed by atoms with Gasteiger partial charge in [0.1, 0.15) is 6.54 Å². The molecule has 3 N–H and O–H groups in total. The number of hydrogen-bond donors (Lipinski definition) is 2. The minimum absolute atomic E-state index is 0.0330. The topological polar surface area (TPSA) is 112 Å². The zero-order valence-electron chi connectivity index (χ0n) is 15.5. The molecule has 0 spiro atoms. The van der Waals surface area contributed by atoms with E-state index >= 15 is 0 Å². The fourth-order valence-corrected chi connectivity index (χ4v) is 3.25. The summed E-state index contributed by atoms with van der Waals surface area (Å²) in [7, 11) is 0. The van der Waals surface area contributed by atoms with Gasteiger partial charge in [-0.3, -0.25) is 10.1 Å². The van der Waals surface area contributed by atoms with Crippen LogP contribution in [-0.2, 0) is 11.4 Å². The van der Waals surface area contributed by atoms with Gasteiger partial charge in [0.15, 0.2) is 5.84 Å². The molecule has 8 nitrogen and oxygen atoms in total. The van der Waals surface area contributed by atoms with Gasteiger partial charge in [-0.2, -0.15) is 0 Å². The number of amidine groups is 1. The van der Waals surface area contributed by atoms with E-state index in [4.69, 9.17) is 10.6 Å². The molecule has 0 aromatic heterocycles. The first kappa shape index (κ1) is 19.5. The number of nitro benzene ring substituents is 1. The number of non-ortho nitro benzene ring substituents is 1. The number of nitrogens with two attached hydrogens (primary N) is 1. The van der Waals surface area contributed by atoms with Gasteiger partial charge in [-0.25, -0.2) is 4.79 Å². The van der Waals surface area contributed by atoms with Gasteiger partial charge >= 0.3 is 5.97 Å². The third-order valence-corrected chi connectivity index (χ3v) is 4.78. The fourth-order valence-electron chi connectivity index (χ4n) is 3.25. The zero-order chi connectivity index (χ0) is 19.9. The number of likely N-dealkylation sites (tertiary alicyclic amines) is 1. The molecular formula is C20H23N4O4+. The van der Waals surface area contributed by atoms with E-state index in [1.165, 1.54) is 56.1 Å². The maximum absolute atomic E-state index is 12.0. The van der Waals surface area contributed by atoms with Crippen molar-refractivity contribution in [3.05, 3.63) is 75.3 Å². The van der Waals surface area contributed by atoms with Crippen molar-refractivity contribution in [2.45, 2.75) is 25.8 Å². The highest BCUT2D eigenvalue weighted by atomic mass is 16.7. The molecule has 1 aliphatic heterocycles. The Morgan fingerprint density at radius 1 is 1.11 bits per heavy atom. The fraction of sp³-hybridized carbons (Fsp3) is 0.300. The van der Waals surface area contributed by atoms with E-state index in [0.717, 1.165) is 12.6 Å². The number of nitrogens with zero attached hydrogens (tertiary/aromatic N) is 2. The third-order valence-electron chi connectivity index (χ3n) is 4.78. The molecule has 0 aliphatic carbocycles. The second kappa shape index (κ2) is 9.09. The minimum Gasteiger partial charge on any atom is -0.380 e. The molecule has 1 fully saturated rings. The van der Waals surface area contributed by atoms with Crippen molar-refractivity contribution in [1.29, 1.82) is 0 Å². The van der Waals surface area contributed by atoms with Crippen LogP contribution in [0.4, 0.5) is 5.69 Å². The summed E-state index contributed by atoms with van der Waals surface area (Å²) in [5.74, 6) is -0.743. The number of nitro groups is 1. The van der Waals surface area contributed by atoms with Crippen LogP contribution in [-0.4, -0.2) is 29.8 Å². The van der Waals surface area contributed by atoms with Crippen molar-refractivity contribution in [3.63, 3.8) is 0 Å². The van der Waals surface area contributed by atoms with E-state index in [2.05, 4.69) is 5.16 Å². The number of oxime groups is 1. The molecule has 2 aromatic carbocycles. The van der Waals surface area contributed by atoms with Gasteiger partial charge in [0.2, 0.25) is 0 Å². The molecule has 1 heterocycles. The van der Waals surface area contributed by atoms with Gasteiger partial charge in [0.05, 0.1) is 23.6 Å². The molecule has 146 valence electrons. The summed E-state index contributed by atoms with van der Waals surface area (Å²) in [6, 6.07) is 12.9. The summed E-state index contributed by atoms with van der Waals surface area (Å²) in [5, 5.41) is 14.4. The van der Waals surface area contributed by atoms with Gasteiger partial charge in [0, 0.05) is 23.3 Å². The first-order valence-corrected chi connectivity index (χ1v) is 9.25. The smallest absolute Gasteiger partial charge is 0.366 e. The summed E-state index contributed by atoms with van der Waals surface area (Å²) in [4.78, 5) is 28.6. The van der Waals surface area contributed by atoms with Crippen LogP contribution in [0.25, 0.3) is 0 Å². The Labute approximate surface area is 162 Å². The Kier molecular flexibility index (Phi) is 6.33. The molecule has 0 atom stereocenters. The first-order chi connectivity index (χ1) is 13.5. The summed E-state index contributed by atoms with van der Waals surface area (Å²) in [6.07, 6.45) is 3.89. The minimum atomic E-state index is -0.808. The SMILES string of the molecule is N/C(=N/OC(=O)c1cccc([N+](=O)[O-])c1)c1ccc(C[NH+]2CCCCC2)cc1. The lowest BCUT2D eigenvalue weighted by atomic mass is 10.1. The highest BCUT2D eigenvalue weighted by molar-refractivity contribution is 5.98. The normalized spacial score (nSPS) is 15.2. The Hall–Kier alpha value is -3.26. The Morgan fingerprint density at radius 2 is 1.82 bits per heavy atom. The van der Waals surface area contributed by atoms with Crippen molar-refractivity contribution in [3.8, 4) is 0 Å². The largest absolute Gasteiger partial charge is 0.380 e. The van der Waals surface area contributed by atoms with E-state index in [-0.39, 0.29) is 17.1 Å². The van der Waals surface area contributed by atoms with Crippen LogP contribution in [0.3, 0.4) is 0 Å². The third kappa shape index (κ3) is 5.14. The highest BCUT2D eigenvalue weighted by Crippen LogP contribution is 2.14. The summed E-state index contributed by atoms with van der Waals surface area (Å²) >= 11 is 0. The number of carbonyl (C=O) groups is 1. The van der Waals surface area contributed by atoms with Gasteiger partial charge in [-0.05, 0) is 25.3 Å². The van der Waals surface area contributed by atoms with E-state index in [9.17, 15) is 14.9 Å². The number of rotatable bonds is 6. The van der Waals surface area contributed by atoms with Crippen molar-refractivity contribution >= 4 is 17.5 Å². The van der Waals surface area contributed by atoms with E-state index in [1.807, 2.05) is 24.3 Å². The Morgan fingerprint density at radius 3 is 2.50 bits per heavy atom. The number of nitrogens with one attached hydrogen (secondary N) is 1. The van der Waals surface area contributed by atoms with E-state index in [1.54, 1.807) is 4.90 Å². The number of quaternary nitrogens is 1. The molecule has 1 aliphatic rings. The van der Waals surface area contributed by atoms with Crippen LogP contribution in [0.5, 0.6) is 0 Å². The van der Waals surface area contributed by atoms with Crippen molar-refractivity contribution < 1.29 is 19.5 Å². The maximum atomic E-state index is 12.0. The summed E-state index contributed by atoms with van der Waals surface area (Å²) in [5.41, 5.74) is 7.60. The van der Waals surface area contributed by atoms with E-state index < -0.39 is 10.9 Å². The maximum Gasteiger partial charge on any atom is 0.366 e. The molecule has 0 amide bonds. The Bertz CT molecular complexity index is 874. The average Bonchev–Trinajstić information content (AvgIpc) is 2.73. The van der Waals surface area contributed by atoms with Crippen LogP contribution in [0.15, 0.2) is 53.7 Å². The Balaban J connectivity index is 1.60. The molecule has 0 bridgehead atoms. The lowest BCUT2D eigenvalue weighted by Gasteiger charge is -2.23. The summed E-state index contributed by atoms with van der Waals surface area (Å²) < 4.78 is 0. The van der Waals surface area contributed by atoms with Crippen LogP contribution >= 0.6 is 0 Å². The molecule has 3 rings (SSSR count). The highest BCUT2D eigenvalue weighted by Gasteiger charge is 2.15. The number of carbonyl (C=O) groups excluding carboxylic acids is 1. The summed E-state index contributed by atoms with van der Waals surface area (Å²) in [6.45, 7) is 3.40. The van der Waals surface area contributed by atoms with Gasteiger partial charge < -0.3 is 15.5 Å². The quantitative estimate of drug-likeness (QED) is 0.259. The molecule has 0 saturated carbocycles. The monoisotopic (exact) mass is 383 g/mol. The van der Waals surface area contributed by atoms with Gasteiger partial charge in [-0.15, -0.1) is 0 Å². The lowest BCUT2D eigenvalue weighted by molar-refractivity contribution is -0.918. The molecule has 0 unspecified atom stereocenters. The number of piperidine rings is 1. The van der Waals surface area contributed by atoms with Crippen molar-refractivity contribution in [2.24, 2.45) is 10.9 Å².